The van der Waals surface area contributed by atoms with Gasteiger partial charge in [0, 0.05) is 55.7 Å². The number of ether oxygens (including phenoxy) is 1. The zero-order chi connectivity index (χ0) is 23.9. The van der Waals surface area contributed by atoms with Crippen molar-refractivity contribution in [1.82, 2.24) is 15.3 Å². The molecule has 0 aliphatic carbocycles. The van der Waals surface area contributed by atoms with Crippen LogP contribution >= 0.6 is 11.8 Å². The number of amides is 1. The lowest BCUT2D eigenvalue weighted by Crippen LogP contribution is -2.43. The number of piperidine rings is 1. The first-order chi connectivity index (χ1) is 17.3. The van der Waals surface area contributed by atoms with E-state index in [9.17, 15) is 4.79 Å². The SMILES string of the molecule is O=C(NCc1ccc(N2CCOCC2)cc1)[C@H]1CCCN(c2nccnc2Sc2ccccc2)C1. The number of carbonyl (C=O) groups is 1. The molecule has 1 N–H and O–H groups in total. The second-order valence-electron chi connectivity index (χ2n) is 8.87. The molecule has 1 aromatic heterocycles. The molecule has 0 bridgehead atoms. The van der Waals surface area contributed by atoms with Crippen molar-refractivity contribution in [3.8, 4) is 0 Å². The van der Waals surface area contributed by atoms with E-state index >= 15 is 0 Å². The van der Waals surface area contributed by atoms with Crippen molar-refractivity contribution in [2.24, 2.45) is 5.92 Å². The minimum absolute atomic E-state index is 0.0621. The van der Waals surface area contributed by atoms with Crippen LogP contribution in [0.3, 0.4) is 0 Å². The van der Waals surface area contributed by atoms with Gasteiger partial charge in [0.25, 0.3) is 0 Å². The first-order valence-electron chi connectivity index (χ1n) is 12.2. The molecule has 7 nitrogen and oxygen atoms in total. The van der Waals surface area contributed by atoms with Crippen LogP contribution in [0.15, 0.2) is 76.9 Å². The molecule has 5 rings (SSSR count). The first-order valence-corrected chi connectivity index (χ1v) is 13.1. The number of aromatic nitrogens is 2. The summed E-state index contributed by atoms with van der Waals surface area (Å²) in [7, 11) is 0. The Morgan fingerprint density at radius 2 is 1.74 bits per heavy atom. The molecule has 0 radical (unpaired) electrons. The standard InChI is InChI=1S/C27H31N5O2S/c33-26(30-19-21-8-10-23(11-9-21)31-15-17-34-18-16-31)22-5-4-14-32(20-22)25-27(29-13-12-28-25)35-24-6-2-1-3-7-24/h1-3,6-13,22H,4-5,14-20H2,(H,30,33)/t22-/m0/s1. The number of anilines is 2. The van der Waals surface area contributed by atoms with Crippen LogP contribution in [0.5, 0.6) is 0 Å². The number of hydrogen-bond acceptors (Lipinski definition) is 7. The molecule has 35 heavy (non-hydrogen) atoms. The molecular weight excluding hydrogens is 458 g/mol. The van der Waals surface area contributed by atoms with Crippen molar-refractivity contribution in [3.05, 3.63) is 72.6 Å². The van der Waals surface area contributed by atoms with Crippen LogP contribution in [0.4, 0.5) is 11.5 Å². The molecular formula is C27H31N5O2S. The van der Waals surface area contributed by atoms with Gasteiger partial charge in [-0.1, -0.05) is 42.1 Å². The molecule has 1 amide bonds. The van der Waals surface area contributed by atoms with E-state index in [1.807, 2.05) is 18.2 Å². The predicted octanol–water partition coefficient (Wildman–Crippen LogP) is 4.00. The molecule has 0 spiro atoms. The minimum Gasteiger partial charge on any atom is -0.378 e. The van der Waals surface area contributed by atoms with Crippen molar-refractivity contribution in [2.45, 2.75) is 29.3 Å². The van der Waals surface area contributed by atoms with E-state index in [1.165, 1.54) is 5.69 Å². The normalized spacial score (nSPS) is 18.3. The second kappa shape index (κ2) is 11.6. The molecule has 1 atom stereocenters. The van der Waals surface area contributed by atoms with Crippen LogP contribution in [-0.2, 0) is 16.1 Å². The van der Waals surface area contributed by atoms with Gasteiger partial charge in [0.1, 0.15) is 5.03 Å². The summed E-state index contributed by atoms with van der Waals surface area (Å²) in [6.45, 7) is 5.47. The predicted molar refractivity (Wildman–Crippen MR) is 139 cm³/mol. The van der Waals surface area contributed by atoms with Gasteiger partial charge in [-0.05, 0) is 42.7 Å². The van der Waals surface area contributed by atoms with Gasteiger partial charge in [0.2, 0.25) is 5.91 Å². The molecule has 8 heteroatoms. The Kier molecular flexibility index (Phi) is 7.80. The van der Waals surface area contributed by atoms with Crippen molar-refractivity contribution in [3.63, 3.8) is 0 Å². The smallest absolute Gasteiger partial charge is 0.225 e. The number of nitrogens with zero attached hydrogens (tertiary/aromatic N) is 4. The summed E-state index contributed by atoms with van der Waals surface area (Å²) in [6.07, 6.45) is 5.31. The number of hydrogen-bond donors (Lipinski definition) is 1. The van der Waals surface area contributed by atoms with E-state index in [0.717, 1.165) is 67.0 Å². The van der Waals surface area contributed by atoms with Crippen molar-refractivity contribution >= 4 is 29.2 Å². The van der Waals surface area contributed by atoms with E-state index in [1.54, 1.807) is 24.2 Å². The highest BCUT2D eigenvalue weighted by atomic mass is 32.2. The van der Waals surface area contributed by atoms with Crippen LogP contribution in [0.2, 0.25) is 0 Å². The maximum atomic E-state index is 13.0. The lowest BCUT2D eigenvalue weighted by atomic mass is 9.97. The van der Waals surface area contributed by atoms with Crippen LogP contribution in [0, 0.1) is 5.92 Å². The topological polar surface area (TPSA) is 70.6 Å². The first kappa shape index (κ1) is 23.6. The number of benzene rings is 2. The molecule has 2 aromatic carbocycles. The molecule has 2 saturated heterocycles. The van der Waals surface area contributed by atoms with Gasteiger partial charge in [-0.2, -0.15) is 0 Å². The highest BCUT2D eigenvalue weighted by Gasteiger charge is 2.28. The Morgan fingerprint density at radius 3 is 2.54 bits per heavy atom. The third-order valence-corrected chi connectivity index (χ3v) is 7.46. The van der Waals surface area contributed by atoms with Crippen molar-refractivity contribution in [2.75, 3.05) is 49.2 Å². The molecule has 0 unspecified atom stereocenters. The Balaban J connectivity index is 1.18. The van der Waals surface area contributed by atoms with Crippen molar-refractivity contribution in [1.29, 1.82) is 0 Å². The Hall–Kier alpha value is -3.10. The second-order valence-corrected chi connectivity index (χ2v) is 9.93. The van der Waals surface area contributed by atoms with E-state index in [4.69, 9.17) is 4.74 Å². The molecule has 3 aromatic rings. The highest BCUT2D eigenvalue weighted by molar-refractivity contribution is 7.99. The number of carbonyl (C=O) groups excluding carboxylic acids is 1. The largest absolute Gasteiger partial charge is 0.378 e. The zero-order valence-corrected chi connectivity index (χ0v) is 20.6. The van der Waals surface area contributed by atoms with Crippen LogP contribution in [0.25, 0.3) is 0 Å². The fraction of sp³-hybridized carbons (Fsp3) is 0.370. The Morgan fingerprint density at radius 1 is 0.971 bits per heavy atom. The van der Waals surface area contributed by atoms with E-state index in [-0.39, 0.29) is 11.8 Å². The van der Waals surface area contributed by atoms with Crippen LogP contribution < -0.4 is 15.1 Å². The van der Waals surface area contributed by atoms with Gasteiger partial charge >= 0.3 is 0 Å². The fourth-order valence-corrected chi connectivity index (χ4v) is 5.47. The summed E-state index contributed by atoms with van der Waals surface area (Å²) < 4.78 is 5.44. The maximum absolute atomic E-state index is 13.0. The summed E-state index contributed by atoms with van der Waals surface area (Å²) in [5, 5.41) is 4.03. The third kappa shape index (κ3) is 6.13. The molecule has 182 valence electrons. The van der Waals surface area contributed by atoms with Gasteiger partial charge in [0.15, 0.2) is 5.82 Å². The summed E-state index contributed by atoms with van der Waals surface area (Å²) in [5.41, 5.74) is 2.32. The number of morpholine rings is 1. The summed E-state index contributed by atoms with van der Waals surface area (Å²) in [4.78, 5) is 27.9. The van der Waals surface area contributed by atoms with E-state index < -0.39 is 0 Å². The molecule has 2 aliphatic rings. The van der Waals surface area contributed by atoms with Gasteiger partial charge in [-0.3, -0.25) is 4.79 Å². The fourth-order valence-electron chi connectivity index (χ4n) is 4.57. The van der Waals surface area contributed by atoms with Gasteiger partial charge < -0.3 is 19.9 Å². The summed E-state index contributed by atoms with van der Waals surface area (Å²) >= 11 is 1.61. The average molecular weight is 490 g/mol. The summed E-state index contributed by atoms with van der Waals surface area (Å²) in [6, 6.07) is 18.7. The number of rotatable bonds is 7. The Bertz CT molecular complexity index is 1110. The Labute approximate surface area is 210 Å². The maximum Gasteiger partial charge on any atom is 0.225 e. The summed E-state index contributed by atoms with van der Waals surface area (Å²) in [5.74, 6) is 0.901. The van der Waals surface area contributed by atoms with E-state index in [2.05, 4.69) is 61.5 Å². The average Bonchev–Trinajstić information content (AvgIpc) is 2.93. The van der Waals surface area contributed by atoms with Crippen molar-refractivity contribution < 1.29 is 9.53 Å². The molecule has 2 fully saturated rings. The quantitative estimate of drug-likeness (QED) is 0.538. The molecule has 0 saturated carbocycles. The molecule has 2 aliphatic heterocycles. The highest BCUT2D eigenvalue weighted by Crippen LogP contribution is 2.33. The monoisotopic (exact) mass is 489 g/mol. The minimum atomic E-state index is -0.0621. The third-order valence-electron chi connectivity index (χ3n) is 6.48. The lowest BCUT2D eigenvalue weighted by Gasteiger charge is -2.33. The van der Waals surface area contributed by atoms with Crippen LogP contribution in [0.1, 0.15) is 18.4 Å². The van der Waals surface area contributed by atoms with Gasteiger partial charge in [-0.25, -0.2) is 9.97 Å². The van der Waals surface area contributed by atoms with E-state index in [0.29, 0.717) is 13.1 Å². The van der Waals surface area contributed by atoms with Crippen LogP contribution in [-0.4, -0.2) is 55.3 Å². The zero-order valence-electron chi connectivity index (χ0n) is 19.8. The number of nitrogens with one attached hydrogen (secondary N) is 1. The lowest BCUT2D eigenvalue weighted by molar-refractivity contribution is -0.125. The van der Waals surface area contributed by atoms with Gasteiger partial charge in [0.05, 0.1) is 19.1 Å². The van der Waals surface area contributed by atoms with Gasteiger partial charge in [-0.15, -0.1) is 0 Å². The molecule has 3 heterocycles.